The van der Waals surface area contributed by atoms with Gasteiger partial charge in [-0.2, -0.15) is 5.06 Å². The number of carbonyl (C=O) groups excluding carboxylic acids is 1. The maximum atomic E-state index is 12.9. The first kappa shape index (κ1) is 15.9. The van der Waals surface area contributed by atoms with Crippen molar-refractivity contribution in [1.29, 1.82) is 0 Å². The molecule has 122 valence electrons. The molecular weight excluding hydrogens is 290 g/mol. The maximum absolute atomic E-state index is 12.9. The Bertz CT molecular complexity index is 668. The average Bonchev–Trinajstić information content (AvgIpc) is 3.10. The zero-order valence-electron chi connectivity index (χ0n) is 13.8. The normalized spacial score (nSPS) is 24.9. The molecule has 2 aromatic rings. The Kier molecular flexibility index (Phi) is 4.59. The highest BCUT2D eigenvalue weighted by Crippen LogP contribution is 2.33. The first-order valence-electron chi connectivity index (χ1n) is 8.10. The molecule has 2 heterocycles. The number of hydrogen-bond donors (Lipinski definition) is 0. The van der Waals surface area contributed by atoms with Crippen molar-refractivity contribution in [3.63, 3.8) is 0 Å². The van der Waals surface area contributed by atoms with E-state index in [9.17, 15) is 4.79 Å². The number of imidazole rings is 1. The molecule has 5 nitrogen and oxygen atoms in total. The Balaban J connectivity index is 1.81. The SMILES string of the molecule is CC[C@H]1[C@H](C(=O)c2nccn2C)[C@@H](C)ON1Cc1ccccc1. The van der Waals surface area contributed by atoms with Crippen LogP contribution in [-0.4, -0.2) is 32.5 Å². The summed E-state index contributed by atoms with van der Waals surface area (Å²) in [5, 5.41) is 1.96. The van der Waals surface area contributed by atoms with Gasteiger partial charge in [0.25, 0.3) is 0 Å². The van der Waals surface area contributed by atoms with Gasteiger partial charge < -0.3 is 4.57 Å². The van der Waals surface area contributed by atoms with E-state index in [0.29, 0.717) is 12.4 Å². The lowest BCUT2D eigenvalue weighted by Crippen LogP contribution is -2.36. The fraction of sp³-hybridized carbons (Fsp3) is 0.444. The van der Waals surface area contributed by atoms with Gasteiger partial charge in [-0.25, -0.2) is 4.98 Å². The topological polar surface area (TPSA) is 47.4 Å². The second-order valence-electron chi connectivity index (χ2n) is 6.10. The maximum Gasteiger partial charge on any atom is 0.205 e. The molecule has 0 spiro atoms. The van der Waals surface area contributed by atoms with Gasteiger partial charge in [-0.05, 0) is 18.9 Å². The summed E-state index contributed by atoms with van der Waals surface area (Å²) in [7, 11) is 1.85. The third kappa shape index (κ3) is 3.07. The molecule has 0 amide bonds. The highest BCUT2D eigenvalue weighted by Gasteiger charge is 2.45. The minimum absolute atomic E-state index is 0.0624. The third-order valence-electron chi connectivity index (χ3n) is 4.54. The van der Waals surface area contributed by atoms with Crippen LogP contribution in [0.5, 0.6) is 0 Å². The van der Waals surface area contributed by atoms with Crippen molar-refractivity contribution in [2.24, 2.45) is 13.0 Å². The number of rotatable bonds is 5. The Morgan fingerprint density at radius 1 is 1.30 bits per heavy atom. The molecule has 1 aliphatic heterocycles. The van der Waals surface area contributed by atoms with Crippen LogP contribution < -0.4 is 0 Å². The zero-order chi connectivity index (χ0) is 16.4. The average molecular weight is 313 g/mol. The molecule has 0 saturated carbocycles. The van der Waals surface area contributed by atoms with Crippen LogP contribution >= 0.6 is 0 Å². The van der Waals surface area contributed by atoms with Crippen LogP contribution in [0.3, 0.4) is 0 Å². The molecule has 0 unspecified atom stereocenters. The van der Waals surface area contributed by atoms with Crippen molar-refractivity contribution in [1.82, 2.24) is 14.6 Å². The first-order chi connectivity index (χ1) is 11.1. The number of aromatic nitrogens is 2. The van der Waals surface area contributed by atoms with E-state index < -0.39 is 0 Å². The van der Waals surface area contributed by atoms with Crippen LogP contribution in [-0.2, 0) is 18.4 Å². The minimum Gasteiger partial charge on any atom is -0.332 e. The summed E-state index contributed by atoms with van der Waals surface area (Å²) in [6.45, 7) is 4.76. The lowest BCUT2D eigenvalue weighted by molar-refractivity contribution is -0.165. The lowest BCUT2D eigenvalue weighted by atomic mass is 9.89. The molecule has 1 aliphatic rings. The minimum atomic E-state index is -0.190. The molecule has 23 heavy (non-hydrogen) atoms. The van der Waals surface area contributed by atoms with Crippen molar-refractivity contribution in [2.45, 2.75) is 39.0 Å². The molecule has 0 aliphatic carbocycles. The van der Waals surface area contributed by atoms with Gasteiger partial charge in [-0.15, -0.1) is 0 Å². The number of hydrogen-bond acceptors (Lipinski definition) is 4. The number of ketones is 1. The fourth-order valence-electron chi connectivity index (χ4n) is 3.36. The number of benzene rings is 1. The summed E-state index contributed by atoms with van der Waals surface area (Å²) in [6.07, 6.45) is 4.18. The molecule has 0 bridgehead atoms. The molecule has 1 aromatic heterocycles. The molecule has 3 atom stereocenters. The number of nitrogens with zero attached hydrogens (tertiary/aromatic N) is 3. The van der Waals surface area contributed by atoms with E-state index in [1.54, 1.807) is 17.0 Å². The van der Waals surface area contributed by atoms with E-state index in [-0.39, 0.29) is 23.8 Å². The van der Waals surface area contributed by atoms with Crippen molar-refractivity contribution in [2.75, 3.05) is 0 Å². The number of hydroxylamine groups is 2. The van der Waals surface area contributed by atoms with Crippen molar-refractivity contribution in [3.8, 4) is 0 Å². The van der Waals surface area contributed by atoms with Crippen LogP contribution in [0.25, 0.3) is 0 Å². The summed E-state index contributed by atoms with van der Waals surface area (Å²) in [6, 6.07) is 10.3. The summed E-state index contributed by atoms with van der Waals surface area (Å²) in [5.74, 6) is 0.377. The monoisotopic (exact) mass is 313 g/mol. The van der Waals surface area contributed by atoms with Crippen LogP contribution in [0.15, 0.2) is 42.7 Å². The predicted molar refractivity (Wildman–Crippen MR) is 87.6 cm³/mol. The van der Waals surface area contributed by atoms with Crippen molar-refractivity contribution < 1.29 is 9.63 Å². The molecule has 0 N–H and O–H groups in total. The van der Waals surface area contributed by atoms with Gasteiger partial charge in [0.2, 0.25) is 5.78 Å². The number of aryl methyl sites for hydroxylation is 1. The van der Waals surface area contributed by atoms with Gasteiger partial charge in [0.15, 0.2) is 5.82 Å². The molecule has 1 aromatic carbocycles. The summed E-state index contributed by atoms with van der Waals surface area (Å²) in [5.41, 5.74) is 1.18. The Hall–Kier alpha value is -1.98. The Morgan fingerprint density at radius 2 is 2.04 bits per heavy atom. The third-order valence-corrected chi connectivity index (χ3v) is 4.54. The van der Waals surface area contributed by atoms with Crippen LogP contribution in [0.1, 0.15) is 36.5 Å². The van der Waals surface area contributed by atoms with Gasteiger partial charge in [-0.1, -0.05) is 37.3 Å². The second kappa shape index (κ2) is 6.64. The largest absolute Gasteiger partial charge is 0.332 e. The van der Waals surface area contributed by atoms with E-state index >= 15 is 0 Å². The standard InChI is InChI=1S/C18H23N3O2/c1-4-15-16(17(22)18-19-10-11-20(18)3)13(2)23-21(15)12-14-8-6-5-7-9-14/h5-11,13,15-16H,4,12H2,1-3H3/t13-,15+,16-/m1/s1. The molecule has 3 rings (SSSR count). The quantitative estimate of drug-likeness (QED) is 0.796. The van der Waals surface area contributed by atoms with Crippen molar-refractivity contribution in [3.05, 3.63) is 54.1 Å². The number of carbonyl (C=O) groups is 1. The highest BCUT2D eigenvalue weighted by molar-refractivity contribution is 5.95. The first-order valence-corrected chi connectivity index (χ1v) is 8.10. The van der Waals surface area contributed by atoms with Crippen molar-refractivity contribution >= 4 is 5.78 Å². The van der Waals surface area contributed by atoms with E-state index in [4.69, 9.17) is 4.84 Å². The van der Waals surface area contributed by atoms with Gasteiger partial charge in [0.1, 0.15) is 0 Å². The van der Waals surface area contributed by atoms with E-state index in [2.05, 4.69) is 24.0 Å². The van der Waals surface area contributed by atoms with Gasteiger partial charge in [0, 0.05) is 32.0 Å². The molecule has 1 saturated heterocycles. The Labute approximate surface area is 136 Å². The van der Waals surface area contributed by atoms with Gasteiger partial charge in [0.05, 0.1) is 12.0 Å². The fourth-order valence-corrected chi connectivity index (χ4v) is 3.36. The molecule has 5 heteroatoms. The van der Waals surface area contributed by atoms with Gasteiger partial charge >= 0.3 is 0 Å². The van der Waals surface area contributed by atoms with E-state index in [0.717, 1.165) is 6.42 Å². The van der Waals surface area contributed by atoms with Crippen LogP contribution in [0.4, 0.5) is 0 Å². The summed E-state index contributed by atoms with van der Waals surface area (Å²) >= 11 is 0. The number of Topliss-reactive ketones (excluding diaryl/α,β-unsaturated/α-hetero) is 1. The summed E-state index contributed by atoms with van der Waals surface area (Å²) < 4.78 is 1.78. The predicted octanol–water partition coefficient (Wildman–Crippen LogP) is 2.83. The van der Waals surface area contributed by atoms with Crippen LogP contribution in [0, 0.1) is 5.92 Å². The molecular formula is C18H23N3O2. The highest BCUT2D eigenvalue weighted by atomic mass is 16.7. The van der Waals surface area contributed by atoms with E-state index in [1.807, 2.05) is 37.2 Å². The van der Waals surface area contributed by atoms with Gasteiger partial charge in [-0.3, -0.25) is 9.63 Å². The molecule has 1 fully saturated rings. The van der Waals surface area contributed by atoms with E-state index in [1.165, 1.54) is 5.56 Å². The lowest BCUT2D eigenvalue weighted by Gasteiger charge is -2.23. The smallest absolute Gasteiger partial charge is 0.205 e. The second-order valence-corrected chi connectivity index (χ2v) is 6.10. The Morgan fingerprint density at radius 3 is 2.65 bits per heavy atom. The molecule has 0 radical (unpaired) electrons. The summed E-state index contributed by atoms with van der Waals surface area (Å²) in [4.78, 5) is 23.1. The zero-order valence-corrected chi connectivity index (χ0v) is 13.8. The van der Waals surface area contributed by atoms with Crippen LogP contribution in [0.2, 0.25) is 0 Å².